The van der Waals surface area contributed by atoms with Crippen molar-refractivity contribution in [2.45, 2.75) is 18.2 Å². The molecule has 0 aromatic carbocycles. The van der Waals surface area contributed by atoms with Crippen LogP contribution in [0.5, 0.6) is 0 Å². The quantitative estimate of drug-likeness (QED) is 0.621. The van der Waals surface area contributed by atoms with E-state index in [1.165, 1.54) is 6.92 Å². The van der Waals surface area contributed by atoms with Gasteiger partial charge in [0.15, 0.2) is 0 Å². The van der Waals surface area contributed by atoms with E-state index in [-0.39, 0.29) is 10.3 Å². The molecule has 15 heavy (non-hydrogen) atoms. The zero-order valence-corrected chi connectivity index (χ0v) is 10.5. The zero-order chi connectivity index (χ0) is 11.8. The maximum Gasteiger partial charge on any atom is 0.266 e. The summed E-state index contributed by atoms with van der Waals surface area (Å²) in [6.45, 7) is 1.37. The Morgan fingerprint density at radius 3 is 2.47 bits per heavy atom. The Hall–Kier alpha value is -0.270. The van der Waals surface area contributed by atoms with Gasteiger partial charge in [0.2, 0.25) is 0 Å². The normalized spacial score (nSPS) is 12.1. The molecule has 1 heterocycles. The highest BCUT2D eigenvalue weighted by Gasteiger charge is 2.21. The lowest BCUT2D eigenvalue weighted by Gasteiger charge is -2.07. The third kappa shape index (κ3) is 2.85. The molecule has 0 fully saturated rings. The predicted octanol–water partition coefficient (Wildman–Crippen LogP) is 3.02. The number of hydrogen-bond acceptors (Lipinski definition) is 3. The number of aromatic nitrogens is 1. The average Bonchev–Trinajstić information content (AvgIpc) is 2.00. The zero-order valence-electron chi connectivity index (χ0n) is 7.34. The number of alkyl halides is 2. The van der Waals surface area contributed by atoms with Crippen molar-refractivity contribution in [2.24, 2.45) is 0 Å². The van der Waals surface area contributed by atoms with E-state index in [9.17, 15) is 17.2 Å². The van der Waals surface area contributed by atoms with Crippen LogP contribution < -0.4 is 0 Å². The second kappa shape index (κ2) is 4.31. The molecule has 1 aromatic rings. The molecule has 0 N–H and O–H groups in total. The van der Waals surface area contributed by atoms with Gasteiger partial charge in [-0.3, -0.25) is 0 Å². The fourth-order valence-corrected chi connectivity index (χ4v) is 2.66. The van der Waals surface area contributed by atoms with Crippen molar-refractivity contribution >= 4 is 35.7 Å². The SMILES string of the molecule is Cc1nc(Br)c(C(F)F)cc1S(=O)(=O)Cl. The highest BCUT2D eigenvalue weighted by Crippen LogP contribution is 2.30. The number of rotatable bonds is 2. The molecule has 0 atom stereocenters. The van der Waals surface area contributed by atoms with Crippen LogP contribution in [0.25, 0.3) is 0 Å². The first-order valence-corrected chi connectivity index (χ1v) is 6.73. The van der Waals surface area contributed by atoms with E-state index in [0.29, 0.717) is 0 Å². The van der Waals surface area contributed by atoms with E-state index in [0.717, 1.165) is 6.07 Å². The monoisotopic (exact) mass is 319 g/mol. The summed E-state index contributed by atoms with van der Waals surface area (Å²) in [4.78, 5) is 3.23. The van der Waals surface area contributed by atoms with Gasteiger partial charge in [-0.15, -0.1) is 0 Å². The van der Waals surface area contributed by atoms with E-state index in [1.807, 2.05) is 0 Å². The van der Waals surface area contributed by atoms with Crippen LogP contribution in [0.15, 0.2) is 15.6 Å². The minimum absolute atomic E-state index is 0.0706. The van der Waals surface area contributed by atoms with E-state index in [2.05, 4.69) is 20.9 Å². The van der Waals surface area contributed by atoms with Gasteiger partial charge < -0.3 is 0 Å². The Morgan fingerprint density at radius 1 is 1.53 bits per heavy atom. The summed E-state index contributed by atoms with van der Waals surface area (Å²) in [5, 5.41) is 0. The maximum atomic E-state index is 12.4. The summed E-state index contributed by atoms with van der Waals surface area (Å²) in [5.74, 6) is 0. The van der Waals surface area contributed by atoms with Crippen molar-refractivity contribution in [3.63, 3.8) is 0 Å². The Bertz CT molecular complexity index is 492. The van der Waals surface area contributed by atoms with Gasteiger partial charge in [0.1, 0.15) is 9.50 Å². The highest BCUT2D eigenvalue weighted by molar-refractivity contribution is 9.10. The van der Waals surface area contributed by atoms with Crippen LogP contribution >= 0.6 is 26.6 Å². The van der Waals surface area contributed by atoms with Gasteiger partial charge in [-0.05, 0) is 28.9 Å². The standard InChI is InChI=1S/C7H5BrClF2NO2S/c1-3-5(15(9,13)14)2-4(7(10)11)6(8)12-3/h2,7H,1H3. The van der Waals surface area contributed by atoms with Crippen LogP contribution in [0.3, 0.4) is 0 Å². The van der Waals surface area contributed by atoms with Gasteiger partial charge in [-0.2, -0.15) is 0 Å². The van der Waals surface area contributed by atoms with Gasteiger partial charge in [-0.25, -0.2) is 22.2 Å². The van der Waals surface area contributed by atoms with Crippen LogP contribution in [-0.4, -0.2) is 13.4 Å². The number of nitrogens with zero attached hydrogens (tertiary/aromatic N) is 1. The molecule has 0 radical (unpaired) electrons. The third-order valence-corrected chi connectivity index (χ3v) is 3.72. The molecule has 3 nitrogen and oxygen atoms in total. The first-order valence-electron chi connectivity index (χ1n) is 3.63. The lowest BCUT2D eigenvalue weighted by molar-refractivity contribution is 0.149. The van der Waals surface area contributed by atoms with Crippen molar-refractivity contribution in [2.75, 3.05) is 0 Å². The van der Waals surface area contributed by atoms with Gasteiger partial charge in [-0.1, -0.05) is 0 Å². The van der Waals surface area contributed by atoms with Gasteiger partial charge in [0.25, 0.3) is 15.5 Å². The second-order valence-electron chi connectivity index (χ2n) is 2.69. The van der Waals surface area contributed by atoms with Gasteiger partial charge >= 0.3 is 0 Å². The Labute approximate surface area is 98.0 Å². The molecule has 1 aromatic heterocycles. The number of halogens is 4. The summed E-state index contributed by atoms with van der Waals surface area (Å²) in [7, 11) is 1.01. The van der Waals surface area contributed by atoms with Gasteiger partial charge in [0, 0.05) is 10.7 Å². The molecule has 0 saturated carbocycles. The molecule has 0 aliphatic heterocycles. The fraction of sp³-hybridized carbons (Fsp3) is 0.286. The molecule has 0 amide bonds. The molecule has 0 saturated heterocycles. The molecule has 0 aliphatic rings. The van der Waals surface area contributed by atoms with Crippen molar-refractivity contribution in [3.8, 4) is 0 Å². The topological polar surface area (TPSA) is 47.0 Å². The number of hydrogen-bond donors (Lipinski definition) is 0. The molecule has 0 spiro atoms. The van der Waals surface area contributed by atoms with E-state index >= 15 is 0 Å². The first-order chi connectivity index (χ1) is 6.73. The summed E-state index contributed by atoms with van der Waals surface area (Å²) in [6, 6.07) is 0.819. The Balaban J connectivity index is 3.50. The number of aryl methyl sites for hydroxylation is 1. The fourth-order valence-electron chi connectivity index (χ4n) is 0.972. The van der Waals surface area contributed by atoms with Crippen LogP contribution in [0.1, 0.15) is 17.7 Å². The van der Waals surface area contributed by atoms with Crippen molar-refractivity contribution in [1.82, 2.24) is 4.98 Å². The number of pyridine rings is 1. The van der Waals surface area contributed by atoms with Crippen LogP contribution in [0, 0.1) is 6.92 Å². The third-order valence-electron chi connectivity index (χ3n) is 1.65. The Morgan fingerprint density at radius 2 is 2.07 bits per heavy atom. The van der Waals surface area contributed by atoms with Crippen molar-refractivity contribution in [1.29, 1.82) is 0 Å². The summed E-state index contributed by atoms with van der Waals surface area (Å²) < 4.78 is 46.8. The van der Waals surface area contributed by atoms with E-state index in [4.69, 9.17) is 10.7 Å². The average molecular weight is 321 g/mol. The van der Waals surface area contributed by atoms with Crippen LogP contribution in [0.4, 0.5) is 8.78 Å². The second-order valence-corrected chi connectivity index (χ2v) is 5.98. The minimum Gasteiger partial charge on any atom is -0.244 e. The lowest BCUT2D eigenvalue weighted by Crippen LogP contribution is -2.01. The summed E-state index contributed by atoms with van der Waals surface area (Å²) in [5.41, 5.74) is -0.430. The molecule has 0 aliphatic carbocycles. The first kappa shape index (κ1) is 12.8. The summed E-state index contributed by atoms with van der Waals surface area (Å²) in [6.07, 6.45) is -2.82. The molecule has 1 rings (SSSR count). The smallest absolute Gasteiger partial charge is 0.244 e. The van der Waals surface area contributed by atoms with Crippen molar-refractivity contribution < 1.29 is 17.2 Å². The molecular weight excluding hydrogens is 316 g/mol. The molecule has 0 bridgehead atoms. The maximum absolute atomic E-state index is 12.4. The minimum atomic E-state index is -4.05. The largest absolute Gasteiger partial charge is 0.266 e. The van der Waals surface area contributed by atoms with Crippen molar-refractivity contribution in [3.05, 3.63) is 21.9 Å². The molecular formula is C7H5BrClF2NO2S. The Kier molecular flexibility index (Phi) is 3.67. The van der Waals surface area contributed by atoms with Crippen LogP contribution in [-0.2, 0) is 9.05 Å². The summed E-state index contributed by atoms with van der Waals surface area (Å²) >= 11 is 2.82. The van der Waals surface area contributed by atoms with E-state index < -0.39 is 25.9 Å². The lowest BCUT2D eigenvalue weighted by atomic mass is 10.2. The van der Waals surface area contributed by atoms with Gasteiger partial charge in [0.05, 0.1) is 11.3 Å². The molecule has 84 valence electrons. The van der Waals surface area contributed by atoms with Crippen LogP contribution in [0.2, 0.25) is 0 Å². The van der Waals surface area contributed by atoms with E-state index in [1.54, 1.807) is 0 Å². The highest BCUT2D eigenvalue weighted by atomic mass is 79.9. The molecule has 8 heteroatoms. The predicted molar refractivity (Wildman–Crippen MR) is 54.7 cm³/mol. The molecule has 0 unspecified atom stereocenters.